The number of hydrogen-bond acceptors (Lipinski definition) is 5. The third-order valence-corrected chi connectivity index (χ3v) is 4.81. The van der Waals surface area contributed by atoms with E-state index in [1.165, 1.54) is 23.1 Å². The number of nitro benzene ring substituents is 1. The Balaban J connectivity index is 1.92. The van der Waals surface area contributed by atoms with Gasteiger partial charge in [0.25, 0.3) is 5.69 Å². The molecule has 1 aliphatic heterocycles. The summed E-state index contributed by atoms with van der Waals surface area (Å²) in [5.74, 6) is -0.566. The van der Waals surface area contributed by atoms with Crippen LogP contribution in [-0.4, -0.2) is 15.8 Å². The Morgan fingerprint density at radius 3 is 2.30 bits per heavy atom. The predicted octanol–water partition coefficient (Wildman–Crippen LogP) is 3.64. The summed E-state index contributed by atoms with van der Waals surface area (Å²) in [4.78, 5) is 25.7. The molecule has 0 radical (unpaired) electrons. The first-order valence-electron chi connectivity index (χ1n) is 8.45. The Morgan fingerprint density at radius 1 is 0.926 bits per heavy atom. The number of ketones is 1. The molecule has 0 spiro atoms. The Morgan fingerprint density at radius 2 is 1.56 bits per heavy atom. The molecule has 6 nitrogen and oxygen atoms in total. The lowest BCUT2D eigenvalue weighted by Crippen LogP contribution is -2.47. The number of aliphatic hydroxyl groups is 1. The van der Waals surface area contributed by atoms with Crippen molar-refractivity contribution in [2.75, 3.05) is 4.90 Å². The molecule has 1 atom stereocenters. The summed E-state index contributed by atoms with van der Waals surface area (Å²) in [6.45, 7) is 0.228. The van der Waals surface area contributed by atoms with Gasteiger partial charge in [-0.2, -0.15) is 0 Å². The standard InChI is InChI=1S/C21H16N2O4/c24-20-16-10-4-6-12-18(16)22(14-15-8-2-1-3-9-15)21(20,25)17-11-5-7-13-19(17)23(26)27/h1-13,25H,14H2. The summed E-state index contributed by atoms with van der Waals surface area (Å²) in [7, 11) is 0. The maximum Gasteiger partial charge on any atom is 0.277 e. The number of nitrogens with zero attached hydrogens (tertiary/aromatic N) is 2. The van der Waals surface area contributed by atoms with Gasteiger partial charge in [0.1, 0.15) is 0 Å². The molecule has 27 heavy (non-hydrogen) atoms. The van der Waals surface area contributed by atoms with Gasteiger partial charge < -0.3 is 10.0 Å². The zero-order valence-corrected chi connectivity index (χ0v) is 14.3. The van der Waals surface area contributed by atoms with Crippen LogP contribution in [0.3, 0.4) is 0 Å². The fraction of sp³-hybridized carbons (Fsp3) is 0.0952. The number of fused-ring (bicyclic) bond motifs is 1. The second-order valence-electron chi connectivity index (χ2n) is 6.36. The van der Waals surface area contributed by atoms with Crippen LogP contribution in [0.2, 0.25) is 0 Å². The summed E-state index contributed by atoms with van der Waals surface area (Å²) in [5, 5.41) is 23.1. The minimum atomic E-state index is -2.15. The molecule has 0 saturated carbocycles. The molecule has 6 heteroatoms. The third-order valence-electron chi connectivity index (χ3n) is 4.81. The molecule has 0 aromatic heterocycles. The van der Waals surface area contributed by atoms with Crippen molar-refractivity contribution in [3.05, 3.63) is 106 Å². The molecule has 3 aromatic carbocycles. The number of anilines is 1. The summed E-state index contributed by atoms with van der Waals surface area (Å²) >= 11 is 0. The fourth-order valence-corrected chi connectivity index (χ4v) is 3.55. The minimum Gasteiger partial charge on any atom is -0.360 e. The van der Waals surface area contributed by atoms with Gasteiger partial charge in [-0.05, 0) is 23.8 Å². The highest BCUT2D eigenvalue weighted by atomic mass is 16.6. The van der Waals surface area contributed by atoms with Crippen LogP contribution in [0, 0.1) is 10.1 Å². The summed E-state index contributed by atoms with van der Waals surface area (Å²) in [6, 6.07) is 22.0. The van der Waals surface area contributed by atoms with Crippen molar-refractivity contribution in [2.45, 2.75) is 12.3 Å². The van der Waals surface area contributed by atoms with Gasteiger partial charge in [0.05, 0.1) is 16.2 Å². The van der Waals surface area contributed by atoms with E-state index in [1.54, 1.807) is 30.3 Å². The third kappa shape index (κ3) is 2.58. The number of carbonyl (C=O) groups excluding carboxylic acids is 1. The van der Waals surface area contributed by atoms with Gasteiger partial charge >= 0.3 is 0 Å². The van der Waals surface area contributed by atoms with Crippen LogP contribution in [0.4, 0.5) is 11.4 Å². The van der Waals surface area contributed by atoms with E-state index >= 15 is 0 Å². The van der Waals surface area contributed by atoms with Gasteiger partial charge in [0.2, 0.25) is 11.5 Å². The quantitative estimate of drug-likeness (QED) is 0.567. The molecule has 0 amide bonds. The van der Waals surface area contributed by atoms with Crippen LogP contribution in [0.1, 0.15) is 21.5 Å². The number of rotatable bonds is 4. The highest BCUT2D eigenvalue weighted by molar-refractivity contribution is 6.13. The Labute approximate surface area is 155 Å². The Kier molecular flexibility index (Phi) is 3.97. The number of para-hydroxylation sites is 2. The van der Waals surface area contributed by atoms with E-state index < -0.39 is 16.4 Å². The normalized spacial score (nSPS) is 18.4. The number of carbonyl (C=O) groups is 1. The molecule has 0 bridgehead atoms. The highest BCUT2D eigenvalue weighted by Crippen LogP contribution is 2.46. The Bertz CT molecular complexity index is 1040. The monoisotopic (exact) mass is 360 g/mol. The molecular weight excluding hydrogens is 344 g/mol. The van der Waals surface area contributed by atoms with Crippen LogP contribution in [-0.2, 0) is 12.3 Å². The molecule has 1 heterocycles. The molecule has 1 unspecified atom stereocenters. The molecule has 0 aliphatic carbocycles. The van der Waals surface area contributed by atoms with Gasteiger partial charge in [-0.25, -0.2) is 0 Å². The molecule has 134 valence electrons. The van der Waals surface area contributed by atoms with Gasteiger partial charge in [-0.15, -0.1) is 0 Å². The molecule has 1 aliphatic rings. The summed E-state index contributed by atoms with van der Waals surface area (Å²) in [5.41, 5.74) is -0.713. The van der Waals surface area contributed by atoms with Crippen molar-refractivity contribution in [3.63, 3.8) is 0 Å². The van der Waals surface area contributed by atoms with Gasteiger partial charge in [-0.1, -0.05) is 54.6 Å². The molecule has 4 rings (SSSR count). The van der Waals surface area contributed by atoms with E-state index in [-0.39, 0.29) is 17.8 Å². The first-order chi connectivity index (χ1) is 13.0. The van der Waals surface area contributed by atoms with Crippen LogP contribution >= 0.6 is 0 Å². The van der Waals surface area contributed by atoms with Crippen molar-refractivity contribution in [2.24, 2.45) is 0 Å². The van der Waals surface area contributed by atoms with Crippen LogP contribution in [0.25, 0.3) is 0 Å². The molecule has 0 saturated heterocycles. The molecular formula is C21H16N2O4. The summed E-state index contributed by atoms with van der Waals surface area (Å²) in [6.07, 6.45) is 0. The lowest BCUT2D eigenvalue weighted by Gasteiger charge is -2.34. The smallest absolute Gasteiger partial charge is 0.277 e. The number of benzene rings is 3. The topological polar surface area (TPSA) is 83.7 Å². The molecule has 1 N–H and O–H groups in total. The van der Waals surface area contributed by atoms with E-state index in [0.29, 0.717) is 11.3 Å². The Hall–Kier alpha value is -3.51. The van der Waals surface area contributed by atoms with Crippen LogP contribution in [0.15, 0.2) is 78.9 Å². The lowest BCUT2D eigenvalue weighted by atomic mass is 9.95. The minimum absolute atomic E-state index is 0.0351. The fourth-order valence-electron chi connectivity index (χ4n) is 3.55. The molecule has 3 aromatic rings. The average molecular weight is 360 g/mol. The van der Waals surface area contributed by atoms with E-state index in [0.717, 1.165) is 5.56 Å². The van der Waals surface area contributed by atoms with Gasteiger partial charge in [0, 0.05) is 18.2 Å². The average Bonchev–Trinajstić information content (AvgIpc) is 2.92. The van der Waals surface area contributed by atoms with E-state index in [4.69, 9.17) is 0 Å². The number of hydrogen-bond donors (Lipinski definition) is 1. The van der Waals surface area contributed by atoms with Crippen LogP contribution in [0.5, 0.6) is 0 Å². The zero-order valence-electron chi connectivity index (χ0n) is 14.3. The first kappa shape index (κ1) is 16.9. The second-order valence-corrected chi connectivity index (χ2v) is 6.36. The van der Waals surface area contributed by atoms with Crippen LogP contribution < -0.4 is 4.90 Å². The largest absolute Gasteiger partial charge is 0.360 e. The number of nitro groups is 1. The predicted molar refractivity (Wildman–Crippen MR) is 100 cm³/mol. The zero-order chi connectivity index (χ0) is 19.0. The van der Waals surface area contributed by atoms with E-state index in [2.05, 4.69) is 0 Å². The second kappa shape index (κ2) is 6.34. The van der Waals surface area contributed by atoms with E-state index in [9.17, 15) is 20.0 Å². The van der Waals surface area contributed by atoms with Gasteiger partial charge in [-0.3, -0.25) is 14.9 Å². The van der Waals surface area contributed by atoms with Crippen molar-refractivity contribution < 1.29 is 14.8 Å². The summed E-state index contributed by atoms with van der Waals surface area (Å²) < 4.78 is 0. The lowest BCUT2D eigenvalue weighted by molar-refractivity contribution is -0.386. The maximum atomic E-state index is 13.2. The highest BCUT2D eigenvalue weighted by Gasteiger charge is 2.54. The van der Waals surface area contributed by atoms with Crippen molar-refractivity contribution in [1.82, 2.24) is 0 Å². The van der Waals surface area contributed by atoms with Crippen molar-refractivity contribution in [1.29, 1.82) is 0 Å². The first-order valence-corrected chi connectivity index (χ1v) is 8.45. The van der Waals surface area contributed by atoms with Crippen molar-refractivity contribution in [3.8, 4) is 0 Å². The van der Waals surface area contributed by atoms with Crippen molar-refractivity contribution >= 4 is 17.2 Å². The maximum absolute atomic E-state index is 13.2. The number of Topliss-reactive ketones (excluding diaryl/α,β-unsaturated/α-hetero) is 1. The van der Waals surface area contributed by atoms with E-state index in [1.807, 2.05) is 30.3 Å². The van der Waals surface area contributed by atoms with Gasteiger partial charge in [0.15, 0.2) is 0 Å². The SMILES string of the molecule is O=C1c2ccccc2N(Cc2ccccc2)C1(O)c1ccccc1[N+](=O)[O-]. The molecule has 0 fully saturated rings.